The number of nitrogens with two attached hydrogens (primary N) is 1. The molecule has 41 heavy (non-hydrogen) atoms. The van der Waals surface area contributed by atoms with Gasteiger partial charge in [-0.1, -0.05) is 0 Å². The summed E-state index contributed by atoms with van der Waals surface area (Å²) in [5.41, 5.74) is 7.92. The van der Waals surface area contributed by atoms with Crippen molar-refractivity contribution in [3.8, 4) is 0 Å². The third-order valence-electron chi connectivity index (χ3n) is 9.42. The van der Waals surface area contributed by atoms with Crippen molar-refractivity contribution in [2.45, 2.75) is 113 Å². The molecular weight excluding hydrogens is 631 g/mol. The normalized spacial score (nSPS) is 15.8. The number of rotatable bonds is 9. The minimum absolute atomic E-state index is 0. The Morgan fingerprint density at radius 1 is 0.585 bits per heavy atom. The molecule has 235 valence electrons. The molecule has 3 rings (SSSR count). The molecule has 0 bridgehead atoms. The van der Waals surface area contributed by atoms with Crippen LogP contribution in [0.4, 0.5) is 0 Å². The molecule has 2 N–H and O–H groups in total. The smallest absolute Gasteiger partial charge is 0.147 e. The molecule has 1 nitrogen and oxygen atoms in total. The van der Waals surface area contributed by atoms with Gasteiger partial charge in [0.25, 0.3) is 0 Å². The summed E-state index contributed by atoms with van der Waals surface area (Å²) in [6, 6.07) is 33.5. The Morgan fingerprint density at radius 3 is 1.24 bits per heavy atom. The minimum atomic E-state index is -5.46. The standard InChI is InChI=1S/C8H10N.C8H18P.2C6H5.3C3H7.ClH.Pd/c9-7-6-8-4-2-1-3-5-8;1-7(2,3)9-8(4,5)6;2*1-2-4-6-5-3-1;3*1-3-2;;/h1-4H,6-7,9H2;1-6H3;2*1-5H;3*3H,1-2H3;1H;/q;-1;;;;;;;+1. The van der Waals surface area contributed by atoms with Gasteiger partial charge in [0.2, 0.25) is 0 Å². The molecule has 3 aromatic carbocycles. The second-order valence-corrected chi connectivity index (χ2v) is 41.6. The van der Waals surface area contributed by atoms with E-state index in [2.05, 4.69) is 168 Å². The summed E-state index contributed by atoms with van der Waals surface area (Å²) in [5, 5.41) is 0.0443. The predicted octanol–water partition coefficient (Wildman–Crippen LogP) is 10.1. The van der Waals surface area contributed by atoms with Crippen molar-refractivity contribution in [2.24, 2.45) is 5.73 Å². The van der Waals surface area contributed by atoms with Crippen LogP contribution in [0.2, 0.25) is 13.2 Å². The molecule has 0 aromatic heterocycles. The number of benzene rings is 3. The van der Waals surface area contributed by atoms with Gasteiger partial charge in [0.05, 0.1) is 0 Å². The van der Waals surface area contributed by atoms with Crippen LogP contribution < -0.4 is 17.8 Å². The Kier molecular flexibility index (Phi) is 9.59. The first-order valence-electron chi connectivity index (χ1n) is 15.0. The van der Waals surface area contributed by atoms with E-state index in [1.807, 2.05) is 0 Å². The average Bonchev–Trinajstić information content (AvgIpc) is 2.87. The van der Waals surface area contributed by atoms with Crippen molar-refractivity contribution in [3.63, 3.8) is 0 Å². The van der Waals surface area contributed by atoms with Crippen molar-refractivity contribution >= 4 is 30.6 Å². The van der Waals surface area contributed by atoms with Crippen LogP contribution in [0.3, 0.4) is 0 Å². The zero-order chi connectivity index (χ0) is 30.3. The first kappa shape index (κ1) is 36.2. The third-order valence-corrected chi connectivity index (χ3v) is 61.0. The van der Waals surface area contributed by atoms with Crippen LogP contribution in [0, 0.1) is 0 Å². The molecule has 0 fully saturated rings. The van der Waals surface area contributed by atoms with Gasteiger partial charge in [0.1, 0.15) is 0 Å². The van der Waals surface area contributed by atoms with Gasteiger partial charge in [-0.05, 0) is 0 Å². The molecule has 3 aromatic rings. The second-order valence-electron chi connectivity index (χ2n) is 13.9. The van der Waals surface area contributed by atoms with Crippen molar-refractivity contribution in [1.29, 1.82) is 0 Å². The van der Waals surface area contributed by atoms with Crippen LogP contribution in [-0.2, 0) is 17.8 Å². The fourth-order valence-electron chi connectivity index (χ4n) is 9.33. The molecule has 0 unspecified atom stereocenters. The van der Waals surface area contributed by atoms with Crippen molar-refractivity contribution in [2.75, 3.05) is 6.54 Å². The summed E-state index contributed by atoms with van der Waals surface area (Å²) < 4.78 is 5.78. The van der Waals surface area contributed by atoms with Gasteiger partial charge < -0.3 is 0 Å². The van der Waals surface area contributed by atoms with E-state index < -0.39 is 17.5 Å². The Morgan fingerprint density at radius 2 is 0.927 bits per heavy atom. The maximum atomic E-state index is 6.48. The van der Waals surface area contributed by atoms with Gasteiger partial charge in [0.15, 0.2) is 0 Å². The molecule has 0 radical (unpaired) electrons. The number of halogens is 1. The monoisotopic (exact) mass is 690 g/mol. The summed E-state index contributed by atoms with van der Waals surface area (Å²) in [7, 11) is 0. The first-order valence-corrected chi connectivity index (χ1v) is 23.3. The molecule has 0 saturated heterocycles. The zero-order valence-corrected chi connectivity index (χ0v) is 31.2. The molecule has 0 atom stereocenters. The molecule has 4 heteroatoms. The summed E-state index contributed by atoms with van der Waals surface area (Å²) in [6.45, 7) is 31.7. The maximum absolute atomic E-state index is 6.48. The van der Waals surface area contributed by atoms with E-state index in [1.54, 1.807) is 12.1 Å². The van der Waals surface area contributed by atoms with Crippen LogP contribution in [0.15, 0.2) is 84.9 Å². The van der Waals surface area contributed by atoms with E-state index in [0.29, 0.717) is 19.7 Å². The predicted molar refractivity (Wildman–Crippen MR) is 190 cm³/mol. The Hall–Kier alpha value is -0.998. The topological polar surface area (TPSA) is 26.0 Å². The number of hydrogen-bond donors (Lipinski definition) is 1. The average molecular weight is 692 g/mol. The van der Waals surface area contributed by atoms with E-state index in [-0.39, 0.29) is 22.7 Å². The van der Waals surface area contributed by atoms with E-state index in [4.69, 9.17) is 5.73 Å². The summed E-state index contributed by atoms with van der Waals surface area (Å²) in [4.78, 5) is 0. The Balaban J connectivity index is 0.00000588. The van der Waals surface area contributed by atoms with Crippen molar-refractivity contribution in [1.82, 2.24) is 0 Å². The van der Waals surface area contributed by atoms with E-state index in [1.165, 1.54) is 5.56 Å². The largest absolute Gasteiger partial charge is 0.147 e. The molecule has 0 spiro atoms. The third kappa shape index (κ3) is 3.42. The van der Waals surface area contributed by atoms with Gasteiger partial charge in [-0.25, -0.2) is 0 Å². The maximum Gasteiger partial charge on any atom is -0.147 e. The number of hydrogen-bond acceptors (Lipinski definition) is 1. The van der Waals surface area contributed by atoms with Crippen LogP contribution >= 0.6 is 18.5 Å². The molecule has 0 aliphatic carbocycles. The molecule has 0 amide bonds. The molecular formula is C37H60ClNPPd. The zero-order valence-electron chi connectivity index (χ0n) is 28.0. The van der Waals surface area contributed by atoms with Crippen molar-refractivity contribution < 1.29 is 11.4 Å². The van der Waals surface area contributed by atoms with Gasteiger partial charge in [-0.3, -0.25) is 0 Å². The Bertz CT molecular complexity index is 1260. The van der Waals surface area contributed by atoms with E-state index in [9.17, 15) is 0 Å². The van der Waals surface area contributed by atoms with Crippen LogP contribution in [0.5, 0.6) is 0 Å². The van der Waals surface area contributed by atoms with Gasteiger partial charge in [0, 0.05) is 0 Å². The van der Waals surface area contributed by atoms with Crippen molar-refractivity contribution in [3.05, 3.63) is 90.5 Å². The fraction of sp³-hybridized carbons (Fsp3) is 0.514. The first-order chi connectivity index (χ1) is 18.5. The molecule has 0 aliphatic rings. The van der Waals surface area contributed by atoms with Gasteiger partial charge in [-0.15, -0.1) is 12.4 Å². The molecule has 0 saturated carbocycles. The molecule has 0 aliphatic heterocycles. The van der Waals surface area contributed by atoms with E-state index >= 15 is 0 Å². The molecule has 0 heterocycles. The van der Waals surface area contributed by atoms with E-state index in [0.717, 1.165) is 6.42 Å². The Labute approximate surface area is 256 Å². The van der Waals surface area contributed by atoms with Crippen LogP contribution in [0.1, 0.15) is 88.6 Å². The summed E-state index contributed by atoms with van der Waals surface area (Å²) in [6.07, 6.45) is 0.0745. The summed E-state index contributed by atoms with van der Waals surface area (Å²) in [5.74, 6) is 0. The minimum Gasteiger partial charge on any atom is -0.147 e. The van der Waals surface area contributed by atoms with Gasteiger partial charge >= 0.3 is 245 Å². The summed E-state index contributed by atoms with van der Waals surface area (Å²) >= 11 is -5.46. The van der Waals surface area contributed by atoms with Crippen LogP contribution in [0.25, 0.3) is 0 Å². The van der Waals surface area contributed by atoms with Crippen LogP contribution in [-0.4, -0.2) is 16.9 Å². The quantitative estimate of drug-likeness (QED) is 0.176. The van der Waals surface area contributed by atoms with Gasteiger partial charge in [-0.2, -0.15) is 0 Å². The SMILES string of the molecule is C[CH](C)[Pd]([c]1ccccc1)([c]1ccccc1)([c]1ccccc1CCN)([CH](C)C)([CH](C)C)[P](C(C)(C)C)C(C)(C)C.Cl. The second kappa shape index (κ2) is 10.9. The fourth-order valence-corrected chi connectivity index (χ4v) is 72.1.